The van der Waals surface area contributed by atoms with E-state index in [1.165, 1.54) is 18.4 Å². The lowest BCUT2D eigenvalue weighted by Crippen LogP contribution is -2.72. The van der Waals surface area contributed by atoms with Crippen LogP contribution in [-0.2, 0) is 7.05 Å². The summed E-state index contributed by atoms with van der Waals surface area (Å²) in [6.45, 7) is 5.89. The smallest absolute Gasteiger partial charge is 0.229 e. The van der Waals surface area contributed by atoms with Crippen molar-refractivity contribution in [1.29, 1.82) is 5.26 Å². The number of anilines is 3. The van der Waals surface area contributed by atoms with Crippen LogP contribution >= 0.6 is 0 Å². The maximum Gasteiger partial charge on any atom is 0.229 e. The Kier molecular flexibility index (Phi) is 4.83. The number of nitrogens with one attached hydrogen (secondary N) is 1. The molecule has 0 unspecified atom stereocenters. The zero-order valence-electron chi connectivity index (χ0n) is 17.8. The fourth-order valence-corrected chi connectivity index (χ4v) is 4.66. The van der Waals surface area contributed by atoms with Crippen LogP contribution in [0.3, 0.4) is 0 Å². The van der Waals surface area contributed by atoms with Gasteiger partial charge >= 0.3 is 0 Å². The van der Waals surface area contributed by atoms with E-state index in [-0.39, 0.29) is 5.54 Å². The summed E-state index contributed by atoms with van der Waals surface area (Å²) in [6, 6.07) is 2.45. The molecule has 2 aromatic rings. The summed E-state index contributed by atoms with van der Waals surface area (Å²) < 4.78 is 1.75. The van der Waals surface area contributed by atoms with Gasteiger partial charge in [-0.2, -0.15) is 15.3 Å². The normalized spacial score (nSPS) is 21.8. The SMILES string of the molecule is CN1CCN(C2(CC#N)CN(c3nc(Nc4cnn(C)c4)ncc3C3CC3)C2)CC1. The van der Waals surface area contributed by atoms with E-state index < -0.39 is 0 Å². The quantitative estimate of drug-likeness (QED) is 0.772. The number of aromatic nitrogens is 4. The Labute approximate surface area is 177 Å². The van der Waals surface area contributed by atoms with Crippen molar-refractivity contribution in [1.82, 2.24) is 29.5 Å². The van der Waals surface area contributed by atoms with Gasteiger partial charge in [-0.3, -0.25) is 9.58 Å². The summed E-state index contributed by atoms with van der Waals surface area (Å²) in [5.74, 6) is 2.20. The second-order valence-corrected chi connectivity index (χ2v) is 8.98. The summed E-state index contributed by atoms with van der Waals surface area (Å²) in [7, 11) is 4.06. The Morgan fingerprint density at radius 1 is 1.17 bits per heavy atom. The predicted molar refractivity (Wildman–Crippen MR) is 115 cm³/mol. The summed E-state index contributed by atoms with van der Waals surface area (Å²) in [5.41, 5.74) is 2.07. The summed E-state index contributed by atoms with van der Waals surface area (Å²) in [5, 5.41) is 17.0. The summed E-state index contributed by atoms with van der Waals surface area (Å²) in [6.07, 6.45) is 8.65. The number of nitriles is 1. The molecule has 4 heterocycles. The highest BCUT2D eigenvalue weighted by atomic mass is 15.4. The third kappa shape index (κ3) is 3.61. The highest BCUT2D eigenvalue weighted by Crippen LogP contribution is 2.46. The molecule has 0 spiro atoms. The average Bonchev–Trinajstić information content (AvgIpc) is 3.47. The molecule has 2 saturated heterocycles. The number of nitrogens with zero attached hydrogens (tertiary/aromatic N) is 8. The first-order chi connectivity index (χ1) is 14.6. The molecular weight excluding hydrogens is 378 g/mol. The first-order valence-electron chi connectivity index (χ1n) is 10.7. The van der Waals surface area contributed by atoms with Gasteiger partial charge < -0.3 is 15.1 Å². The third-order valence-electron chi connectivity index (χ3n) is 6.63. The standard InChI is InChI=1S/C21H29N9/c1-27-7-9-30(10-8-27)21(5-6-22)14-29(15-21)19-18(16-3-4-16)12-23-20(26-19)25-17-11-24-28(2)13-17/h11-13,16H,3-5,7-10,14-15H2,1-2H3,(H,23,25,26). The monoisotopic (exact) mass is 407 g/mol. The van der Waals surface area contributed by atoms with Gasteiger partial charge in [-0.1, -0.05) is 0 Å². The lowest BCUT2D eigenvalue weighted by atomic mass is 9.83. The van der Waals surface area contributed by atoms with Crippen molar-refractivity contribution in [2.24, 2.45) is 7.05 Å². The van der Waals surface area contributed by atoms with Crippen LogP contribution in [0.25, 0.3) is 0 Å². The second kappa shape index (κ2) is 7.52. The highest BCUT2D eigenvalue weighted by Gasteiger charge is 2.49. The molecule has 158 valence electrons. The predicted octanol–water partition coefficient (Wildman–Crippen LogP) is 1.55. The van der Waals surface area contributed by atoms with Gasteiger partial charge in [-0.05, 0) is 25.8 Å². The number of aryl methyl sites for hydroxylation is 1. The molecule has 0 radical (unpaired) electrons. The Morgan fingerprint density at radius 2 is 1.93 bits per heavy atom. The Morgan fingerprint density at radius 3 is 2.57 bits per heavy atom. The van der Waals surface area contributed by atoms with Crippen molar-refractivity contribution in [3.63, 3.8) is 0 Å². The molecule has 5 rings (SSSR count). The van der Waals surface area contributed by atoms with Crippen LogP contribution in [0.1, 0.15) is 30.7 Å². The van der Waals surface area contributed by atoms with E-state index in [2.05, 4.69) is 43.2 Å². The van der Waals surface area contributed by atoms with Crippen LogP contribution in [0.5, 0.6) is 0 Å². The van der Waals surface area contributed by atoms with Crippen LogP contribution in [-0.4, -0.2) is 81.4 Å². The van der Waals surface area contributed by atoms with Gasteiger partial charge in [-0.15, -0.1) is 0 Å². The fraction of sp³-hybridized carbons (Fsp3) is 0.619. The molecule has 1 aliphatic carbocycles. The number of hydrogen-bond donors (Lipinski definition) is 1. The van der Waals surface area contributed by atoms with Gasteiger partial charge in [0, 0.05) is 64.3 Å². The maximum absolute atomic E-state index is 9.52. The van der Waals surface area contributed by atoms with Gasteiger partial charge in [-0.25, -0.2) is 4.98 Å². The lowest BCUT2D eigenvalue weighted by Gasteiger charge is -2.57. The van der Waals surface area contributed by atoms with Crippen molar-refractivity contribution in [2.45, 2.75) is 30.7 Å². The van der Waals surface area contributed by atoms with E-state index in [1.54, 1.807) is 10.9 Å². The maximum atomic E-state index is 9.52. The van der Waals surface area contributed by atoms with E-state index in [1.807, 2.05) is 19.4 Å². The highest BCUT2D eigenvalue weighted by molar-refractivity contribution is 5.59. The van der Waals surface area contributed by atoms with Crippen molar-refractivity contribution in [3.8, 4) is 6.07 Å². The summed E-state index contributed by atoms with van der Waals surface area (Å²) in [4.78, 5) is 16.7. The minimum atomic E-state index is -0.0568. The van der Waals surface area contributed by atoms with Crippen molar-refractivity contribution in [3.05, 3.63) is 24.2 Å². The largest absolute Gasteiger partial charge is 0.352 e. The van der Waals surface area contributed by atoms with Crippen LogP contribution in [0.2, 0.25) is 0 Å². The van der Waals surface area contributed by atoms with Crippen LogP contribution < -0.4 is 10.2 Å². The lowest BCUT2D eigenvalue weighted by molar-refractivity contribution is 0.0218. The molecule has 9 nitrogen and oxygen atoms in total. The van der Waals surface area contributed by atoms with Crippen LogP contribution in [0.15, 0.2) is 18.6 Å². The number of hydrogen-bond acceptors (Lipinski definition) is 8. The van der Waals surface area contributed by atoms with Gasteiger partial charge in [0.05, 0.1) is 29.9 Å². The zero-order chi connectivity index (χ0) is 20.7. The average molecular weight is 408 g/mol. The first-order valence-corrected chi connectivity index (χ1v) is 10.7. The molecule has 3 aliphatic rings. The molecule has 0 atom stereocenters. The molecular formula is C21H29N9. The molecule has 2 aromatic heterocycles. The third-order valence-corrected chi connectivity index (χ3v) is 6.63. The van der Waals surface area contributed by atoms with Crippen molar-refractivity contribution in [2.75, 3.05) is 56.5 Å². The summed E-state index contributed by atoms with van der Waals surface area (Å²) >= 11 is 0. The van der Waals surface area contributed by atoms with Crippen molar-refractivity contribution >= 4 is 17.5 Å². The molecule has 1 N–H and O–H groups in total. The van der Waals surface area contributed by atoms with E-state index in [0.29, 0.717) is 18.3 Å². The topological polar surface area (TPSA) is 89.1 Å². The van der Waals surface area contributed by atoms with E-state index in [9.17, 15) is 5.26 Å². The zero-order valence-corrected chi connectivity index (χ0v) is 17.8. The van der Waals surface area contributed by atoms with E-state index >= 15 is 0 Å². The molecule has 2 aliphatic heterocycles. The minimum absolute atomic E-state index is 0.0568. The van der Waals surface area contributed by atoms with Gasteiger partial charge in [0.25, 0.3) is 0 Å². The number of piperazine rings is 1. The molecule has 30 heavy (non-hydrogen) atoms. The van der Waals surface area contributed by atoms with E-state index in [4.69, 9.17) is 4.98 Å². The first kappa shape index (κ1) is 19.3. The molecule has 9 heteroatoms. The van der Waals surface area contributed by atoms with Gasteiger partial charge in [0.15, 0.2) is 0 Å². The van der Waals surface area contributed by atoms with Crippen LogP contribution in [0.4, 0.5) is 17.5 Å². The van der Waals surface area contributed by atoms with Crippen LogP contribution in [0, 0.1) is 11.3 Å². The van der Waals surface area contributed by atoms with Crippen molar-refractivity contribution < 1.29 is 0 Å². The molecule has 1 saturated carbocycles. The second-order valence-electron chi connectivity index (χ2n) is 8.98. The minimum Gasteiger partial charge on any atom is -0.352 e. The Balaban J connectivity index is 1.36. The fourth-order valence-electron chi connectivity index (χ4n) is 4.66. The van der Waals surface area contributed by atoms with E-state index in [0.717, 1.165) is 50.8 Å². The molecule has 3 fully saturated rings. The Bertz CT molecular complexity index is 944. The number of rotatable bonds is 6. The Hall–Kier alpha value is -2.70. The van der Waals surface area contributed by atoms with Gasteiger partial charge in [0.2, 0.25) is 5.95 Å². The number of likely N-dealkylation sites (N-methyl/N-ethyl adjacent to an activating group) is 1. The molecule has 0 bridgehead atoms. The molecule has 0 amide bonds. The molecule has 0 aromatic carbocycles. The van der Waals surface area contributed by atoms with Gasteiger partial charge in [0.1, 0.15) is 5.82 Å².